The van der Waals surface area contributed by atoms with Gasteiger partial charge in [0.1, 0.15) is 0 Å². The highest BCUT2D eigenvalue weighted by atomic mass is 32.2. The van der Waals surface area contributed by atoms with Crippen molar-refractivity contribution >= 4 is 10.0 Å². The largest absolute Gasteiger partial charge is 0.243 e. The molecule has 0 saturated carbocycles. The van der Waals surface area contributed by atoms with Crippen LogP contribution in [0.5, 0.6) is 0 Å². The van der Waals surface area contributed by atoms with Crippen LogP contribution in [0, 0.1) is 6.92 Å². The number of aryl methyl sites for hydroxylation is 1. The van der Waals surface area contributed by atoms with Crippen LogP contribution >= 0.6 is 0 Å². The minimum Gasteiger partial charge on any atom is -0.207 e. The maximum absolute atomic E-state index is 11.9. The Morgan fingerprint density at radius 3 is 2.12 bits per heavy atom. The van der Waals surface area contributed by atoms with E-state index in [2.05, 4.69) is 6.58 Å². The molecule has 1 aromatic carbocycles. The maximum Gasteiger partial charge on any atom is 0.243 e. The molecule has 0 aliphatic carbocycles. The van der Waals surface area contributed by atoms with Gasteiger partial charge in [-0.15, -0.1) is 6.58 Å². The van der Waals surface area contributed by atoms with E-state index in [1.165, 1.54) is 11.4 Å². The first kappa shape index (κ1) is 15.9. The zero-order chi connectivity index (χ0) is 13.5. The van der Waals surface area contributed by atoms with Gasteiger partial charge in [-0.2, -0.15) is 4.31 Å². The van der Waals surface area contributed by atoms with Crippen LogP contribution in [-0.4, -0.2) is 26.3 Å². The molecule has 1 aromatic rings. The summed E-state index contributed by atoms with van der Waals surface area (Å²) in [5, 5.41) is 0. The Morgan fingerprint density at radius 2 is 1.71 bits per heavy atom. The summed E-state index contributed by atoms with van der Waals surface area (Å²) in [6.45, 7) is 9.75. The monoisotopic (exact) mass is 255 g/mol. The van der Waals surface area contributed by atoms with E-state index in [1.807, 2.05) is 20.8 Å². The minimum atomic E-state index is -3.36. The molecule has 0 fully saturated rings. The minimum absolute atomic E-state index is 0.316. The highest BCUT2D eigenvalue weighted by molar-refractivity contribution is 7.89. The molecule has 96 valence electrons. The summed E-state index contributed by atoms with van der Waals surface area (Å²) in [6.07, 6.45) is 1.56. The van der Waals surface area contributed by atoms with Gasteiger partial charge in [0.05, 0.1) is 4.90 Å². The van der Waals surface area contributed by atoms with Gasteiger partial charge in [0.2, 0.25) is 10.0 Å². The second-order valence-corrected chi connectivity index (χ2v) is 5.43. The molecule has 17 heavy (non-hydrogen) atoms. The molecule has 1 rings (SSSR count). The van der Waals surface area contributed by atoms with Gasteiger partial charge >= 0.3 is 0 Å². The lowest BCUT2D eigenvalue weighted by atomic mass is 10.2. The van der Waals surface area contributed by atoms with Crippen molar-refractivity contribution in [2.45, 2.75) is 25.7 Å². The predicted octanol–water partition coefficient (Wildman–Crippen LogP) is 2.83. The first-order chi connectivity index (χ1) is 7.98. The zero-order valence-electron chi connectivity index (χ0n) is 11.0. The van der Waals surface area contributed by atoms with Gasteiger partial charge in [-0.05, 0) is 19.1 Å². The topological polar surface area (TPSA) is 37.4 Å². The summed E-state index contributed by atoms with van der Waals surface area (Å²) >= 11 is 0. The predicted molar refractivity (Wildman–Crippen MR) is 72.5 cm³/mol. The van der Waals surface area contributed by atoms with Crippen molar-refractivity contribution in [3.8, 4) is 0 Å². The van der Waals surface area contributed by atoms with Crippen molar-refractivity contribution < 1.29 is 8.42 Å². The number of likely N-dealkylation sites (N-methyl/N-ethyl adjacent to an activating group) is 1. The lowest BCUT2D eigenvalue weighted by molar-refractivity contribution is 0.499. The summed E-state index contributed by atoms with van der Waals surface area (Å²) in [5.41, 5.74) is 1.04. The smallest absolute Gasteiger partial charge is 0.207 e. The second-order valence-electron chi connectivity index (χ2n) is 3.39. The number of benzene rings is 1. The van der Waals surface area contributed by atoms with E-state index in [0.717, 1.165) is 5.56 Å². The summed E-state index contributed by atoms with van der Waals surface area (Å²) in [7, 11) is -1.82. The molecular formula is C13H21NO2S. The van der Waals surface area contributed by atoms with E-state index in [1.54, 1.807) is 30.3 Å². The molecule has 0 saturated heterocycles. The quantitative estimate of drug-likeness (QED) is 0.776. The third-order valence-corrected chi connectivity index (χ3v) is 3.95. The highest BCUT2D eigenvalue weighted by Gasteiger charge is 2.18. The van der Waals surface area contributed by atoms with Gasteiger partial charge in [0.25, 0.3) is 0 Å². The van der Waals surface area contributed by atoms with Crippen LogP contribution in [0.3, 0.4) is 0 Å². The summed E-state index contributed by atoms with van der Waals surface area (Å²) in [6, 6.07) is 6.80. The number of sulfonamides is 1. The molecule has 0 aliphatic heterocycles. The highest BCUT2D eigenvalue weighted by Crippen LogP contribution is 2.14. The van der Waals surface area contributed by atoms with Crippen molar-refractivity contribution in [1.29, 1.82) is 0 Å². The average molecular weight is 255 g/mol. The molecule has 0 radical (unpaired) electrons. The Kier molecular flexibility index (Phi) is 6.76. The molecule has 0 bridgehead atoms. The molecule has 0 aromatic heterocycles. The molecule has 4 heteroatoms. The van der Waals surface area contributed by atoms with Crippen molar-refractivity contribution in [1.82, 2.24) is 4.31 Å². The van der Waals surface area contributed by atoms with Crippen LogP contribution in [0.4, 0.5) is 0 Å². The molecular weight excluding hydrogens is 234 g/mol. The van der Waals surface area contributed by atoms with Crippen LogP contribution in [0.15, 0.2) is 41.8 Å². The van der Waals surface area contributed by atoms with Gasteiger partial charge in [0, 0.05) is 13.6 Å². The summed E-state index contributed by atoms with van der Waals surface area (Å²) in [5.74, 6) is 0. The molecule has 0 heterocycles. The SMILES string of the molecule is C=CCN(C)S(=O)(=O)c1ccc(C)cc1.CC. The fourth-order valence-corrected chi connectivity index (χ4v) is 2.31. The van der Waals surface area contributed by atoms with Crippen LogP contribution in [0.1, 0.15) is 19.4 Å². The van der Waals surface area contributed by atoms with E-state index in [-0.39, 0.29) is 0 Å². The molecule has 0 aliphatic rings. The van der Waals surface area contributed by atoms with Gasteiger partial charge in [-0.25, -0.2) is 8.42 Å². The standard InChI is InChI=1S/C11H15NO2S.C2H6/c1-4-9-12(3)15(13,14)11-7-5-10(2)6-8-11;1-2/h4-8H,1,9H2,2-3H3;1-2H3. The van der Waals surface area contributed by atoms with E-state index >= 15 is 0 Å². The first-order valence-corrected chi connectivity index (χ1v) is 7.06. The summed E-state index contributed by atoms with van der Waals surface area (Å²) in [4.78, 5) is 0.317. The van der Waals surface area contributed by atoms with E-state index in [0.29, 0.717) is 11.4 Å². The zero-order valence-corrected chi connectivity index (χ0v) is 11.8. The van der Waals surface area contributed by atoms with Gasteiger partial charge in [0.15, 0.2) is 0 Å². The number of hydrogen-bond donors (Lipinski definition) is 0. The third kappa shape index (κ3) is 4.32. The van der Waals surface area contributed by atoms with Crippen molar-refractivity contribution in [3.63, 3.8) is 0 Å². The van der Waals surface area contributed by atoms with Crippen molar-refractivity contribution in [2.75, 3.05) is 13.6 Å². The normalized spacial score (nSPS) is 10.6. The van der Waals surface area contributed by atoms with Gasteiger partial charge in [-0.3, -0.25) is 0 Å². The molecule has 0 unspecified atom stereocenters. The molecule has 0 spiro atoms. The number of hydrogen-bond acceptors (Lipinski definition) is 2. The molecule has 0 atom stereocenters. The van der Waals surface area contributed by atoms with Crippen LogP contribution in [-0.2, 0) is 10.0 Å². The molecule has 0 N–H and O–H groups in total. The van der Waals surface area contributed by atoms with Gasteiger partial charge < -0.3 is 0 Å². The maximum atomic E-state index is 11.9. The van der Waals surface area contributed by atoms with E-state index in [4.69, 9.17) is 0 Å². The summed E-state index contributed by atoms with van der Waals surface area (Å²) < 4.78 is 25.1. The van der Waals surface area contributed by atoms with Crippen LogP contribution in [0.2, 0.25) is 0 Å². The fourth-order valence-electron chi connectivity index (χ4n) is 1.17. The van der Waals surface area contributed by atoms with Crippen molar-refractivity contribution in [2.24, 2.45) is 0 Å². The second kappa shape index (κ2) is 7.25. The fraction of sp³-hybridized carbons (Fsp3) is 0.385. The molecule has 3 nitrogen and oxygen atoms in total. The lowest BCUT2D eigenvalue weighted by Gasteiger charge is -2.14. The Balaban J connectivity index is 0.00000121. The third-order valence-electron chi connectivity index (χ3n) is 2.12. The van der Waals surface area contributed by atoms with Crippen molar-refractivity contribution in [3.05, 3.63) is 42.5 Å². The Morgan fingerprint density at radius 1 is 1.24 bits per heavy atom. The van der Waals surface area contributed by atoms with Crippen LogP contribution < -0.4 is 0 Å². The van der Waals surface area contributed by atoms with Gasteiger partial charge in [-0.1, -0.05) is 37.6 Å². The van der Waals surface area contributed by atoms with E-state index in [9.17, 15) is 8.42 Å². The Hall–Kier alpha value is -1.13. The van der Waals surface area contributed by atoms with Crippen LogP contribution in [0.25, 0.3) is 0 Å². The average Bonchev–Trinajstić information content (AvgIpc) is 2.32. The number of nitrogens with zero attached hydrogens (tertiary/aromatic N) is 1. The first-order valence-electron chi connectivity index (χ1n) is 5.62. The number of rotatable bonds is 4. The Bertz CT molecular complexity index is 435. The Labute approximate surface area is 105 Å². The lowest BCUT2D eigenvalue weighted by Crippen LogP contribution is -2.26. The molecule has 0 amide bonds. The van der Waals surface area contributed by atoms with E-state index < -0.39 is 10.0 Å².